The summed E-state index contributed by atoms with van der Waals surface area (Å²) in [6, 6.07) is 15.6. The maximum absolute atomic E-state index is 13.2. The van der Waals surface area contributed by atoms with Crippen LogP contribution in [0, 0.1) is 18.7 Å². The fourth-order valence-electron chi connectivity index (χ4n) is 3.87. The Balaban J connectivity index is 1.38. The van der Waals surface area contributed by atoms with Crippen LogP contribution in [0.1, 0.15) is 18.5 Å². The summed E-state index contributed by atoms with van der Waals surface area (Å²) in [5.41, 5.74) is 3.32. The van der Waals surface area contributed by atoms with Crippen LogP contribution >= 0.6 is 0 Å². The Morgan fingerprint density at radius 1 is 1.13 bits per heavy atom. The van der Waals surface area contributed by atoms with E-state index in [-0.39, 0.29) is 30.1 Å². The number of nitrogens with one attached hydrogen (secondary N) is 1. The Morgan fingerprint density at radius 3 is 2.68 bits per heavy atom. The van der Waals surface area contributed by atoms with E-state index in [4.69, 9.17) is 0 Å². The van der Waals surface area contributed by atoms with Gasteiger partial charge in [0.15, 0.2) is 0 Å². The minimum atomic E-state index is -0.285. The summed E-state index contributed by atoms with van der Waals surface area (Å²) in [6.07, 6.45) is 3.32. The Kier molecular flexibility index (Phi) is 6.11. The summed E-state index contributed by atoms with van der Waals surface area (Å²) in [5.74, 6) is -0.665. The van der Waals surface area contributed by atoms with Gasteiger partial charge in [-0.05, 0) is 61.2 Å². The van der Waals surface area contributed by atoms with Crippen LogP contribution in [-0.4, -0.2) is 39.6 Å². The van der Waals surface area contributed by atoms with Gasteiger partial charge in [0.1, 0.15) is 12.4 Å². The van der Waals surface area contributed by atoms with Gasteiger partial charge in [0.25, 0.3) is 0 Å². The fourth-order valence-corrected chi connectivity index (χ4v) is 3.87. The van der Waals surface area contributed by atoms with Crippen molar-refractivity contribution in [3.05, 3.63) is 72.3 Å². The molecule has 0 saturated carbocycles. The van der Waals surface area contributed by atoms with Crippen LogP contribution < -0.4 is 5.32 Å². The lowest BCUT2D eigenvalue weighted by molar-refractivity contribution is -0.135. The van der Waals surface area contributed by atoms with Gasteiger partial charge in [-0.25, -0.2) is 4.39 Å². The highest BCUT2D eigenvalue weighted by atomic mass is 19.1. The first kappa shape index (κ1) is 20.8. The number of rotatable bonds is 5. The molecule has 1 N–H and O–H groups in total. The van der Waals surface area contributed by atoms with E-state index in [9.17, 15) is 14.0 Å². The summed E-state index contributed by atoms with van der Waals surface area (Å²) < 4.78 is 14.8. The Bertz CT molecular complexity index is 1080. The number of aryl methyl sites for hydroxylation is 1. The Labute approximate surface area is 180 Å². The topological polar surface area (TPSA) is 67.2 Å². The lowest BCUT2D eigenvalue weighted by atomic mass is 9.96. The molecule has 1 atom stereocenters. The number of carbonyl (C=O) groups excluding carboxylic acids is 2. The van der Waals surface area contributed by atoms with Gasteiger partial charge in [-0.2, -0.15) is 5.10 Å². The second-order valence-electron chi connectivity index (χ2n) is 7.91. The molecule has 1 aromatic heterocycles. The van der Waals surface area contributed by atoms with E-state index < -0.39 is 0 Å². The number of benzene rings is 2. The van der Waals surface area contributed by atoms with E-state index in [1.165, 1.54) is 12.1 Å². The van der Waals surface area contributed by atoms with Gasteiger partial charge >= 0.3 is 0 Å². The number of piperidine rings is 1. The van der Waals surface area contributed by atoms with Gasteiger partial charge in [0.05, 0.1) is 11.6 Å². The van der Waals surface area contributed by atoms with Crippen LogP contribution in [-0.2, 0) is 16.1 Å². The molecule has 0 bridgehead atoms. The summed E-state index contributed by atoms with van der Waals surface area (Å²) >= 11 is 0. The predicted octanol–water partition coefficient (Wildman–Crippen LogP) is 3.87. The third-order valence-corrected chi connectivity index (χ3v) is 5.52. The van der Waals surface area contributed by atoms with Crippen molar-refractivity contribution >= 4 is 17.5 Å². The van der Waals surface area contributed by atoms with Gasteiger partial charge in [0.2, 0.25) is 11.8 Å². The second kappa shape index (κ2) is 9.12. The molecular weight excluding hydrogens is 395 g/mol. The Morgan fingerprint density at radius 2 is 1.94 bits per heavy atom. The zero-order chi connectivity index (χ0) is 21.8. The van der Waals surface area contributed by atoms with E-state index >= 15 is 0 Å². The molecule has 1 saturated heterocycles. The zero-order valence-corrected chi connectivity index (χ0v) is 17.4. The molecule has 0 radical (unpaired) electrons. The first-order valence-corrected chi connectivity index (χ1v) is 10.4. The van der Waals surface area contributed by atoms with Crippen molar-refractivity contribution in [2.75, 3.05) is 18.4 Å². The highest BCUT2D eigenvalue weighted by molar-refractivity contribution is 5.93. The molecule has 1 fully saturated rings. The third-order valence-electron chi connectivity index (χ3n) is 5.52. The van der Waals surface area contributed by atoms with Crippen molar-refractivity contribution in [1.82, 2.24) is 14.7 Å². The second-order valence-corrected chi connectivity index (χ2v) is 7.91. The first-order valence-electron chi connectivity index (χ1n) is 10.4. The van der Waals surface area contributed by atoms with Crippen molar-refractivity contribution in [2.24, 2.45) is 5.92 Å². The summed E-state index contributed by atoms with van der Waals surface area (Å²) in [7, 11) is 0. The quantitative estimate of drug-likeness (QED) is 0.681. The highest BCUT2D eigenvalue weighted by Crippen LogP contribution is 2.24. The largest absolute Gasteiger partial charge is 0.340 e. The number of anilines is 1. The van der Waals surface area contributed by atoms with Crippen LogP contribution in [0.2, 0.25) is 0 Å². The molecule has 0 aliphatic carbocycles. The third kappa shape index (κ3) is 5.17. The van der Waals surface area contributed by atoms with E-state index in [2.05, 4.69) is 10.4 Å². The number of hydrogen-bond donors (Lipinski definition) is 1. The van der Waals surface area contributed by atoms with Crippen molar-refractivity contribution in [1.29, 1.82) is 0 Å². The van der Waals surface area contributed by atoms with E-state index in [0.717, 1.165) is 29.7 Å². The Hall–Kier alpha value is -3.48. The zero-order valence-electron chi connectivity index (χ0n) is 17.4. The van der Waals surface area contributed by atoms with Gasteiger partial charge in [0, 0.05) is 25.0 Å². The summed E-state index contributed by atoms with van der Waals surface area (Å²) in [5, 5.41) is 7.24. The van der Waals surface area contributed by atoms with Crippen LogP contribution in [0.25, 0.3) is 11.1 Å². The maximum atomic E-state index is 13.2. The van der Waals surface area contributed by atoms with Crippen LogP contribution in [0.4, 0.5) is 10.1 Å². The molecule has 160 valence electrons. The van der Waals surface area contributed by atoms with E-state index in [0.29, 0.717) is 18.8 Å². The standard InChI is InChI=1S/C24H25FN4O2/c1-17-11-13-29(27-17)16-23(30)28-12-3-5-20(15-28)24(31)26-22-6-2-4-19(14-22)18-7-9-21(25)10-8-18/h2,4,6-11,13-14,20H,3,5,12,15-16H2,1H3,(H,26,31)/t20-/m0/s1. The molecule has 2 aromatic carbocycles. The molecule has 1 aliphatic heterocycles. The molecular formula is C24H25FN4O2. The number of hydrogen-bond acceptors (Lipinski definition) is 3. The van der Waals surface area contributed by atoms with E-state index in [1.807, 2.05) is 37.3 Å². The van der Waals surface area contributed by atoms with Crippen molar-refractivity contribution in [3.63, 3.8) is 0 Å². The van der Waals surface area contributed by atoms with E-state index in [1.54, 1.807) is 27.9 Å². The number of nitrogens with zero attached hydrogens (tertiary/aromatic N) is 3. The van der Waals surface area contributed by atoms with Gasteiger partial charge in [-0.15, -0.1) is 0 Å². The minimum absolute atomic E-state index is 0.0288. The van der Waals surface area contributed by atoms with Crippen molar-refractivity contribution in [2.45, 2.75) is 26.3 Å². The lowest BCUT2D eigenvalue weighted by Gasteiger charge is -2.32. The smallest absolute Gasteiger partial charge is 0.244 e. The lowest BCUT2D eigenvalue weighted by Crippen LogP contribution is -2.45. The first-order chi connectivity index (χ1) is 15.0. The molecule has 31 heavy (non-hydrogen) atoms. The van der Waals surface area contributed by atoms with Crippen molar-refractivity contribution < 1.29 is 14.0 Å². The van der Waals surface area contributed by atoms with Gasteiger partial charge in [-0.3, -0.25) is 14.3 Å². The molecule has 2 amide bonds. The number of amides is 2. The molecule has 0 unspecified atom stereocenters. The highest BCUT2D eigenvalue weighted by Gasteiger charge is 2.28. The molecule has 1 aliphatic rings. The number of likely N-dealkylation sites (tertiary alicyclic amines) is 1. The number of halogens is 1. The molecule has 2 heterocycles. The molecule has 4 rings (SSSR count). The normalized spacial score (nSPS) is 16.2. The minimum Gasteiger partial charge on any atom is -0.340 e. The van der Waals surface area contributed by atoms with Crippen LogP contribution in [0.5, 0.6) is 0 Å². The molecule has 7 heteroatoms. The molecule has 3 aromatic rings. The molecule has 6 nitrogen and oxygen atoms in total. The number of carbonyl (C=O) groups is 2. The number of aromatic nitrogens is 2. The van der Waals surface area contributed by atoms with Gasteiger partial charge < -0.3 is 10.2 Å². The predicted molar refractivity (Wildman–Crippen MR) is 117 cm³/mol. The van der Waals surface area contributed by atoms with Crippen LogP contribution in [0.15, 0.2) is 60.8 Å². The fraction of sp³-hybridized carbons (Fsp3) is 0.292. The van der Waals surface area contributed by atoms with Crippen LogP contribution in [0.3, 0.4) is 0 Å². The monoisotopic (exact) mass is 420 g/mol. The average Bonchev–Trinajstić information content (AvgIpc) is 3.19. The van der Waals surface area contributed by atoms with Crippen molar-refractivity contribution in [3.8, 4) is 11.1 Å². The average molecular weight is 420 g/mol. The molecule has 0 spiro atoms. The summed E-state index contributed by atoms with van der Waals surface area (Å²) in [6.45, 7) is 3.13. The summed E-state index contributed by atoms with van der Waals surface area (Å²) in [4.78, 5) is 27.3. The SMILES string of the molecule is Cc1ccn(CC(=O)N2CCC[C@H](C(=O)Nc3cccc(-c4ccc(F)cc4)c3)C2)n1. The van der Waals surface area contributed by atoms with Gasteiger partial charge in [-0.1, -0.05) is 24.3 Å². The maximum Gasteiger partial charge on any atom is 0.244 e.